The van der Waals surface area contributed by atoms with Crippen LogP contribution in [0.3, 0.4) is 0 Å². The van der Waals surface area contributed by atoms with Crippen LogP contribution in [0.2, 0.25) is 0 Å². The fourth-order valence-electron chi connectivity index (χ4n) is 3.92. The predicted octanol–water partition coefficient (Wildman–Crippen LogP) is 6.09. The fourth-order valence-corrected chi connectivity index (χ4v) is 3.92. The van der Waals surface area contributed by atoms with Crippen LogP contribution in [-0.2, 0) is 0 Å². The van der Waals surface area contributed by atoms with Crippen LogP contribution in [0, 0.1) is 11.8 Å². The SMILES string of the molecule is CC1CCCCC1.CC1CCCCC1.CN1C(=O)c2ccccc2C1=O. The monoisotopic (exact) mass is 357 g/mol. The number of nitrogens with zero attached hydrogens (tertiary/aromatic N) is 1. The second-order valence-electron chi connectivity index (χ2n) is 8.20. The molecule has 3 nitrogen and oxygen atoms in total. The first-order valence-electron chi connectivity index (χ1n) is 10.4. The van der Waals surface area contributed by atoms with E-state index in [0.29, 0.717) is 11.1 Å². The Balaban J connectivity index is 0.000000150. The molecule has 0 atom stereocenters. The van der Waals surface area contributed by atoms with Crippen LogP contribution in [0.15, 0.2) is 24.3 Å². The van der Waals surface area contributed by atoms with Gasteiger partial charge in [-0.25, -0.2) is 0 Å². The van der Waals surface area contributed by atoms with Gasteiger partial charge in [0.25, 0.3) is 11.8 Å². The Morgan fingerprint density at radius 2 is 1.04 bits per heavy atom. The summed E-state index contributed by atoms with van der Waals surface area (Å²) in [6, 6.07) is 6.84. The van der Waals surface area contributed by atoms with Gasteiger partial charge in [-0.15, -0.1) is 0 Å². The third-order valence-corrected chi connectivity index (χ3v) is 5.78. The summed E-state index contributed by atoms with van der Waals surface area (Å²) in [7, 11) is 1.49. The van der Waals surface area contributed by atoms with Gasteiger partial charge < -0.3 is 0 Å². The van der Waals surface area contributed by atoms with Crippen molar-refractivity contribution in [1.29, 1.82) is 0 Å². The number of amides is 2. The smallest absolute Gasteiger partial charge is 0.261 e. The summed E-state index contributed by atoms with van der Waals surface area (Å²) in [6.45, 7) is 4.72. The molecule has 1 heterocycles. The predicted molar refractivity (Wildman–Crippen MR) is 107 cm³/mol. The van der Waals surface area contributed by atoms with Gasteiger partial charge in [-0.05, 0) is 24.0 Å². The summed E-state index contributed by atoms with van der Waals surface area (Å²) >= 11 is 0. The van der Waals surface area contributed by atoms with E-state index in [1.807, 2.05) is 0 Å². The van der Waals surface area contributed by atoms with Crippen molar-refractivity contribution < 1.29 is 9.59 Å². The zero-order chi connectivity index (χ0) is 18.9. The average Bonchev–Trinajstić information content (AvgIpc) is 2.89. The zero-order valence-corrected chi connectivity index (χ0v) is 16.8. The van der Waals surface area contributed by atoms with E-state index in [1.54, 1.807) is 24.3 Å². The molecule has 0 radical (unpaired) electrons. The van der Waals surface area contributed by atoms with Gasteiger partial charge in [0.15, 0.2) is 0 Å². The lowest BCUT2D eigenvalue weighted by atomic mass is 9.91. The van der Waals surface area contributed by atoms with Crippen LogP contribution < -0.4 is 0 Å². The molecular weight excluding hydrogens is 322 g/mol. The molecule has 3 heteroatoms. The second-order valence-corrected chi connectivity index (χ2v) is 8.20. The number of rotatable bonds is 0. The molecule has 2 fully saturated rings. The van der Waals surface area contributed by atoms with E-state index in [4.69, 9.17) is 0 Å². The highest BCUT2D eigenvalue weighted by molar-refractivity contribution is 6.21. The highest BCUT2D eigenvalue weighted by Gasteiger charge is 2.31. The van der Waals surface area contributed by atoms with E-state index in [2.05, 4.69) is 13.8 Å². The maximum absolute atomic E-state index is 11.3. The quantitative estimate of drug-likeness (QED) is 0.527. The van der Waals surface area contributed by atoms with Crippen molar-refractivity contribution in [3.05, 3.63) is 35.4 Å². The fraction of sp³-hybridized carbons (Fsp3) is 0.652. The Morgan fingerprint density at radius 3 is 1.31 bits per heavy atom. The van der Waals surface area contributed by atoms with E-state index in [0.717, 1.165) is 16.7 Å². The van der Waals surface area contributed by atoms with E-state index in [-0.39, 0.29) is 11.8 Å². The van der Waals surface area contributed by atoms with Crippen molar-refractivity contribution in [3.63, 3.8) is 0 Å². The summed E-state index contributed by atoms with van der Waals surface area (Å²) in [6.07, 6.45) is 14.9. The number of imide groups is 1. The number of hydrogen-bond acceptors (Lipinski definition) is 2. The first kappa shape index (κ1) is 20.7. The van der Waals surface area contributed by atoms with Crippen LogP contribution in [-0.4, -0.2) is 23.8 Å². The van der Waals surface area contributed by atoms with Gasteiger partial charge in [-0.1, -0.05) is 90.2 Å². The van der Waals surface area contributed by atoms with Gasteiger partial charge in [0.05, 0.1) is 11.1 Å². The Kier molecular flexibility index (Phi) is 8.34. The molecule has 0 spiro atoms. The van der Waals surface area contributed by atoms with E-state index >= 15 is 0 Å². The van der Waals surface area contributed by atoms with Crippen molar-refractivity contribution in [3.8, 4) is 0 Å². The third kappa shape index (κ3) is 5.96. The van der Waals surface area contributed by atoms with Crippen molar-refractivity contribution in [1.82, 2.24) is 4.90 Å². The van der Waals surface area contributed by atoms with Gasteiger partial charge in [-0.3, -0.25) is 14.5 Å². The minimum absolute atomic E-state index is 0.212. The largest absolute Gasteiger partial charge is 0.277 e. The normalized spacial score (nSPS) is 20.7. The second kappa shape index (κ2) is 10.5. The molecule has 0 bridgehead atoms. The first-order chi connectivity index (χ1) is 12.5. The molecule has 1 aromatic carbocycles. The lowest BCUT2D eigenvalue weighted by Crippen LogP contribution is -2.24. The van der Waals surface area contributed by atoms with Crippen LogP contribution in [0.5, 0.6) is 0 Å². The molecular formula is C23H35NO2. The number of hydrogen-bond donors (Lipinski definition) is 0. The van der Waals surface area contributed by atoms with E-state index in [1.165, 1.54) is 71.3 Å². The van der Waals surface area contributed by atoms with Gasteiger partial charge in [0.2, 0.25) is 0 Å². The molecule has 0 saturated heterocycles. The van der Waals surface area contributed by atoms with Gasteiger partial charge in [0, 0.05) is 7.05 Å². The molecule has 0 aromatic heterocycles. The maximum atomic E-state index is 11.3. The van der Waals surface area contributed by atoms with Crippen molar-refractivity contribution in [2.24, 2.45) is 11.8 Å². The minimum atomic E-state index is -0.212. The lowest BCUT2D eigenvalue weighted by molar-refractivity contribution is 0.0693. The number of benzene rings is 1. The van der Waals surface area contributed by atoms with Crippen LogP contribution in [0.1, 0.15) is 98.8 Å². The lowest BCUT2D eigenvalue weighted by Gasteiger charge is -2.15. The topological polar surface area (TPSA) is 37.4 Å². The maximum Gasteiger partial charge on any atom is 0.261 e. The molecule has 26 heavy (non-hydrogen) atoms. The van der Waals surface area contributed by atoms with Crippen LogP contribution in [0.4, 0.5) is 0 Å². The summed E-state index contributed by atoms with van der Waals surface area (Å²) in [5.74, 6) is 1.65. The standard InChI is InChI=1S/C9H7NO2.2C7H14/c1-10-8(11)6-4-2-3-5-7(6)9(10)12;2*1-7-5-3-2-4-6-7/h2-5H,1H3;2*7H,2-6H2,1H3. The molecule has 1 aliphatic heterocycles. The molecule has 144 valence electrons. The van der Waals surface area contributed by atoms with Gasteiger partial charge >= 0.3 is 0 Å². The molecule has 1 aromatic rings. The summed E-state index contributed by atoms with van der Waals surface area (Å²) in [5, 5.41) is 0. The molecule has 2 amide bonds. The Labute approximate surface area is 159 Å². The summed E-state index contributed by atoms with van der Waals surface area (Å²) in [5.41, 5.74) is 1.01. The molecule has 3 aliphatic rings. The molecule has 0 N–H and O–H groups in total. The first-order valence-corrected chi connectivity index (χ1v) is 10.4. The molecule has 2 saturated carbocycles. The molecule has 2 aliphatic carbocycles. The van der Waals surface area contributed by atoms with Crippen LogP contribution >= 0.6 is 0 Å². The Morgan fingerprint density at radius 1 is 0.692 bits per heavy atom. The van der Waals surface area contributed by atoms with Crippen molar-refractivity contribution >= 4 is 11.8 Å². The van der Waals surface area contributed by atoms with Gasteiger partial charge in [-0.2, -0.15) is 0 Å². The molecule has 0 unspecified atom stereocenters. The van der Waals surface area contributed by atoms with Crippen LogP contribution in [0.25, 0.3) is 0 Å². The highest BCUT2D eigenvalue weighted by atomic mass is 16.2. The average molecular weight is 358 g/mol. The Bertz CT molecular complexity index is 533. The number of carbonyl (C=O) groups is 2. The van der Waals surface area contributed by atoms with Crippen molar-refractivity contribution in [2.45, 2.75) is 78.1 Å². The summed E-state index contributed by atoms with van der Waals surface area (Å²) in [4.78, 5) is 23.8. The number of carbonyl (C=O) groups excluding carboxylic acids is 2. The van der Waals surface area contributed by atoms with E-state index < -0.39 is 0 Å². The van der Waals surface area contributed by atoms with Gasteiger partial charge in [0.1, 0.15) is 0 Å². The Hall–Kier alpha value is -1.64. The third-order valence-electron chi connectivity index (χ3n) is 5.78. The zero-order valence-electron chi connectivity index (χ0n) is 16.8. The minimum Gasteiger partial charge on any atom is -0.277 e. The van der Waals surface area contributed by atoms with Crippen molar-refractivity contribution in [2.75, 3.05) is 7.05 Å². The molecule has 4 rings (SSSR count). The number of fused-ring (bicyclic) bond motifs is 1. The summed E-state index contributed by atoms with van der Waals surface area (Å²) < 4.78 is 0. The highest BCUT2D eigenvalue weighted by Crippen LogP contribution is 2.23. The van der Waals surface area contributed by atoms with E-state index in [9.17, 15) is 9.59 Å².